The molecule has 0 fully saturated rings. The number of aryl methyl sites for hydroxylation is 1. The SMILES string of the molecule is CCc1nnc(NC(=O)c2cnn(-c3cc(F)cc(F)c3)c2-n2cccc2)s1. The second kappa shape index (κ2) is 7.31. The summed E-state index contributed by atoms with van der Waals surface area (Å²) in [6.45, 7) is 1.94. The fourth-order valence-corrected chi connectivity index (χ4v) is 3.36. The summed E-state index contributed by atoms with van der Waals surface area (Å²) in [6.07, 6.45) is 5.47. The summed E-state index contributed by atoms with van der Waals surface area (Å²) in [7, 11) is 0. The van der Waals surface area contributed by atoms with Crippen LogP contribution in [0.5, 0.6) is 0 Å². The number of rotatable bonds is 5. The standard InChI is InChI=1S/C18H14F2N6OS/c1-2-15-23-24-18(28-15)22-16(27)14-10-21-26(17(14)25-5-3-4-6-25)13-8-11(19)7-12(20)9-13/h3-10H,2H2,1H3,(H,22,24,27). The molecular formula is C18H14F2N6OS. The third-order valence-electron chi connectivity index (χ3n) is 3.92. The third kappa shape index (κ3) is 3.41. The zero-order valence-corrected chi connectivity index (χ0v) is 15.5. The molecular weight excluding hydrogens is 386 g/mol. The number of nitrogens with one attached hydrogen (secondary N) is 1. The Bertz CT molecular complexity index is 1110. The lowest BCUT2D eigenvalue weighted by atomic mass is 10.2. The summed E-state index contributed by atoms with van der Waals surface area (Å²) in [5, 5.41) is 15.9. The average Bonchev–Trinajstić information content (AvgIpc) is 3.40. The molecule has 0 bridgehead atoms. The van der Waals surface area contributed by atoms with Gasteiger partial charge in [-0.2, -0.15) is 5.10 Å². The highest BCUT2D eigenvalue weighted by Crippen LogP contribution is 2.23. The summed E-state index contributed by atoms with van der Waals surface area (Å²) < 4.78 is 30.3. The first kappa shape index (κ1) is 18.0. The van der Waals surface area contributed by atoms with Gasteiger partial charge in [-0.3, -0.25) is 10.1 Å². The van der Waals surface area contributed by atoms with E-state index in [1.165, 1.54) is 22.2 Å². The van der Waals surface area contributed by atoms with Crippen LogP contribution in [-0.4, -0.2) is 30.5 Å². The molecule has 4 rings (SSSR count). The summed E-state index contributed by atoms with van der Waals surface area (Å²) in [5.74, 6) is -1.59. The zero-order valence-electron chi connectivity index (χ0n) is 14.6. The molecule has 1 amide bonds. The van der Waals surface area contributed by atoms with Gasteiger partial charge in [-0.15, -0.1) is 10.2 Å². The Hall–Kier alpha value is -3.40. The molecule has 3 heterocycles. The summed E-state index contributed by atoms with van der Waals surface area (Å²) in [6, 6.07) is 6.59. The Morgan fingerprint density at radius 3 is 2.50 bits per heavy atom. The van der Waals surface area contributed by atoms with E-state index in [0.717, 1.165) is 23.2 Å². The summed E-state index contributed by atoms with van der Waals surface area (Å²) in [4.78, 5) is 12.8. The molecule has 10 heteroatoms. The highest BCUT2D eigenvalue weighted by Gasteiger charge is 2.21. The number of carbonyl (C=O) groups excluding carboxylic acids is 1. The predicted molar refractivity (Wildman–Crippen MR) is 100 cm³/mol. The Kier molecular flexibility index (Phi) is 4.70. The Morgan fingerprint density at radius 2 is 1.86 bits per heavy atom. The molecule has 0 unspecified atom stereocenters. The maximum absolute atomic E-state index is 13.7. The van der Waals surface area contributed by atoms with E-state index in [2.05, 4.69) is 20.6 Å². The van der Waals surface area contributed by atoms with Crippen LogP contribution in [0.1, 0.15) is 22.3 Å². The van der Waals surface area contributed by atoms with Crippen LogP contribution >= 0.6 is 11.3 Å². The molecule has 0 atom stereocenters. The Morgan fingerprint density at radius 1 is 1.14 bits per heavy atom. The number of benzene rings is 1. The van der Waals surface area contributed by atoms with Gasteiger partial charge in [0.1, 0.15) is 22.2 Å². The predicted octanol–water partition coefficient (Wildman–Crippen LogP) is 3.61. The van der Waals surface area contributed by atoms with E-state index in [1.807, 2.05) is 6.92 Å². The van der Waals surface area contributed by atoms with Crippen molar-refractivity contribution in [3.05, 3.63) is 71.1 Å². The molecule has 0 saturated heterocycles. The van der Waals surface area contributed by atoms with Gasteiger partial charge in [-0.25, -0.2) is 13.5 Å². The van der Waals surface area contributed by atoms with E-state index in [9.17, 15) is 13.6 Å². The fourth-order valence-electron chi connectivity index (χ4n) is 2.69. The van der Waals surface area contributed by atoms with Crippen LogP contribution in [0.2, 0.25) is 0 Å². The number of anilines is 1. The first-order valence-corrected chi connectivity index (χ1v) is 9.18. The van der Waals surface area contributed by atoms with E-state index in [1.54, 1.807) is 29.1 Å². The lowest BCUT2D eigenvalue weighted by molar-refractivity contribution is 0.102. The molecule has 28 heavy (non-hydrogen) atoms. The van der Waals surface area contributed by atoms with Crippen LogP contribution in [0.15, 0.2) is 48.9 Å². The number of aromatic nitrogens is 5. The molecule has 4 aromatic rings. The number of nitrogens with zero attached hydrogens (tertiary/aromatic N) is 5. The second-order valence-corrected chi connectivity index (χ2v) is 6.88. The van der Waals surface area contributed by atoms with Crippen molar-refractivity contribution < 1.29 is 13.6 Å². The molecule has 0 aliphatic heterocycles. The zero-order chi connectivity index (χ0) is 19.7. The molecule has 0 aliphatic carbocycles. The van der Waals surface area contributed by atoms with Crippen molar-refractivity contribution >= 4 is 22.4 Å². The Balaban J connectivity index is 1.77. The van der Waals surface area contributed by atoms with Crippen molar-refractivity contribution in [2.24, 2.45) is 0 Å². The minimum absolute atomic E-state index is 0.157. The average molecular weight is 400 g/mol. The third-order valence-corrected chi connectivity index (χ3v) is 4.90. The topological polar surface area (TPSA) is 77.6 Å². The van der Waals surface area contributed by atoms with Gasteiger partial charge in [-0.05, 0) is 30.7 Å². The van der Waals surface area contributed by atoms with Gasteiger partial charge in [0.2, 0.25) is 5.13 Å². The van der Waals surface area contributed by atoms with E-state index >= 15 is 0 Å². The van der Waals surface area contributed by atoms with Crippen molar-refractivity contribution in [2.75, 3.05) is 5.32 Å². The van der Waals surface area contributed by atoms with Gasteiger partial charge in [0, 0.05) is 18.5 Å². The normalized spacial score (nSPS) is 11.0. The van der Waals surface area contributed by atoms with Gasteiger partial charge in [-0.1, -0.05) is 18.3 Å². The minimum atomic E-state index is -0.740. The van der Waals surface area contributed by atoms with E-state index in [0.29, 0.717) is 17.4 Å². The summed E-state index contributed by atoms with van der Waals surface area (Å²) >= 11 is 1.28. The van der Waals surface area contributed by atoms with Crippen molar-refractivity contribution in [1.29, 1.82) is 0 Å². The van der Waals surface area contributed by atoms with Gasteiger partial charge in [0.15, 0.2) is 5.82 Å². The van der Waals surface area contributed by atoms with Crippen LogP contribution in [-0.2, 0) is 6.42 Å². The minimum Gasteiger partial charge on any atom is -0.308 e. The molecule has 0 radical (unpaired) electrons. The van der Waals surface area contributed by atoms with Crippen molar-refractivity contribution in [2.45, 2.75) is 13.3 Å². The molecule has 1 N–H and O–H groups in total. The van der Waals surface area contributed by atoms with Crippen molar-refractivity contribution in [3.63, 3.8) is 0 Å². The molecule has 7 nitrogen and oxygen atoms in total. The molecule has 1 aromatic carbocycles. The number of carbonyl (C=O) groups is 1. The van der Waals surface area contributed by atoms with Gasteiger partial charge >= 0.3 is 0 Å². The van der Waals surface area contributed by atoms with Crippen molar-refractivity contribution in [3.8, 4) is 11.5 Å². The van der Waals surface area contributed by atoms with Gasteiger partial charge < -0.3 is 4.57 Å². The fraction of sp³-hybridized carbons (Fsp3) is 0.111. The maximum Gasteiger partial charge on any atom is 0.262 e. The number of hydrogen-bond donors (Lipinski definition) is 1. The van der Waals surface area contributed by atoms with Crippen LogP contribution in [0.25, 0.3) is 11.5 Å². The first-order chi connectivity index (χ1) is 13.5. The molecule has 142 valence electrons. The largest absolute Gasteiger partial charge is 0.308 e. The van der Waals surface area contributed by atoms with E-state index < -0.39 is 17.5 Å². The molecule has 0 saturated carbocycles. The number of hydrogen-bond acceptors (Lipinski definition) is 5. The quantitative estimate of drug-likeness (QED) is 0.555. The van der Waals surface area contributed by atoms with Crippen molar-refractivity contribution in [1.82, 2.24) is 24.5 Å². The highest BCUT2D eigenvalue weighted by molar-refractivity contribution is 7.15. The van der Waals surface area contributed by atoms with E-state index in [4.69, 9.17) is 0 Å². The molecule has 0 spiro atoms. The molecule has 0 aliphatic rings. The van der Waals surface area contributed by atoms with Crippen LogP contribution in [0.3, 0.4) is 0 Å². The first-order valence-electron chi connectivity index (χ1n) is 8.36. The molecule has 3 aromatic heterocycles. The summed E-state index contributed by atoms with van der Waals surface area (Å²) in [5.41, 5.74) is 0.374. The highest BCUT2D eigenvalue weighted by atomic mass is 32.1. The van der Waals surface area contributed by atoms with Gasteiger partial charge in [0.05, 0.1) is 11.9 Å². The van der Waals surface area contributed by atoms with E-state index in [-0.39, 0.29) is 11.3 Å². The maximum atomic E-state index is 13.7. The lowest BCUT2D eigenvalue weighted by Crippen LogP contribution is -2.15. The second-order valence-electron chi connectivity index (χ2n) is 5.82. The van der Waals surface area contributed by atoms with Crippen LogP contribution < -0.4 is 5.32 Å². The monoisotopic (exact) mass is 400 g/mol. The Labute approximate surface area is 162 Å². The number of amides is 1. The van der Waals surface area contributed by atoms with Crippen LogP contribution in [0, 0.1) is 11.6 Å². The van der Waals surface area contributed by atoms with Gasteiger partial charge in [0.25, 0.3) is 5.91 Å². The smallest absolute Gasteiger partial charge is 0.262 e. The number of halogens is 2. The van der Waals surface area contributed by atoms with Crippen LogP contribution in [0.4, 0.5) is 13.9 Å². The lowest BCUT2D eigenvalue weighted by Gasteiger charge is -2.11.